The molecule has 6 nitrogen and oxygen atoms in total. The maximum absolute atomic E-state index is 13.2. The molecular formula is C59H107NO5. The highest BCUT2D eigenvalue weighted by Crippen LogP contribution is 2.17. The van der Waals surface area contributed by atoms with E-state index < -0.39 is 18.2 Å². The van der Waals surface area contributed by atoms with Crippen LogP contribution < -0.4 is 5.32 Å². The minimum absolute atomic E-state index is 0.00106. The van der Waals surface area contributed by atoms with Gasteiger partial charge in [0, 0.05) is 12.8 Å². The number of carbonyl (C=O) groups excluding carboxylic acids is 2. The molecule has 378 valence electrons. The van der Waals surface area contributed by atoms with E-state index >= 15 is 0 Å². The van der Waals surface area contributed by atoms with Crippen LogP contribution in [0.5, 0.6) is 0 Å². The molecule has 6 heteroatoms. The number of rotatable bonds is 50. The summed E-state index contributed by atoms with van der Waals surface area (Å²) in [5.74, 6) is -0.572. The zero-order valence-corrected chi connectivity index (χ0v) is 43.1. The molecule has 0 radical (unpaired) electrons. The van der Waals surface area contributed by atoms with Gasteiger partial charge in [-0.2, -0.15) is 0 Å². The molecule has 0 saturated carbocycles. The van der Waals surface area contributed by atoms with Gasteiger partial charge in [-0.25, -0.2) is 0 Å². The fraction of sp³-hybridized carbons (Fsp3) is 0.797. The zero-order chi connectivity index (χ0) is 47.4. The number of ether oxygens (including phenoxy) is 1. The maximum atomic E-state index is 13.2. The quantitative estimate of drug-likeness (QED) is 0.0321. The van der Waals surface area contributed by atoms with Crippen molar-refractivity contribution in [1.82, 2.24) is 5.32 Å². The molecule has 0 aliphatic rings. The molecule has 3 N–H and O–H groups in total. The van der Waals surface area contributed by atoms with Crippen LogP contribution in [0.2, 0.25) is 0 Å². The third-order valence-electron chi connectivity index (χ3n) is 12.6. The van der Waals surface area contributed by atoms with Gasteiger partial charge < -0.3 is 20.3 Å². The first kappa shape index (κ1) is 62.6. The van der Waals surface area contributed by atoms with Crippen molar-refractivity contribution in [3.8, 4) is 0 Å². The first-order valence-electron chi connectivity index (χ1n) is 28.0. The van der Waals surface area contributed by atoms with Crippen LogP contribution in [0.15, 0.2) is 60.8 Å². The summed E-state index contributed by atoms with van der Waals surface area (Å²) in [5, 5.41) is 23.8. The van der Waals surface area contributed by atoms with E-state index in [1.807, 2.05) is 6.08 Å². The average molecular weight is 911 g/mol. The van der Waals surface area contributed by atoms with Crippen molar-refractivity contribution in [2.45, 2.75) is 296 Å². The van der Waals surface area contributed by atoms with E-state index in [9.17, 15) is 19.8 Å². The number of unbranched alkanes of at least 4 members (excludes halogenated alkanes) is 29. The summed E-state index contributed by atoms with van der Waals surface area (Å²) in [6.07, 6.45) is 65.9. The average Bonchev–Trinajstić information content (AvgIpc) is 3.30. The molecule has 0 fully saturated rings. The highest BCUT2D eigenvalue weighted by molar-refractivity contribution is 5.77. The van der Waals surface area contributed by atoms with Gasteiger partial charge in [0.1, 0.15) is 6.10 Å². The number of amides is 1. The SMILES string of the molecule is CCCCC/C=C\C/C=C\C/C=C\C/C=C\CC(CC(=O)NC(CO)C(O)CCCCCCCCCCCCCC)OC(=O)CCCCCCCCCCC/C=C/CCCCCCCC. The van der Waals surface area contributed by atoms with Crippen molar-refractivity contribution in [1.29, 1.82) is 0 Å². The van der Waals surface area contributed by atoms with Crippen LogP contribution >= 0.6 is 0 Å². The Morgan fingerprint density at radius 3 is 1.28 bits per heavy atom. The second kappa shape index (κ2) is 52.5. The Morgan fingerprint density at radius 2 is 0.815 bits per heavy atom. The molecule has 3 atom stereocenters. The van der Waals surface area contributed by atoms with Crippen molar-refractivity contribution < 1.29 is 24.5 Å². The van der Waals surface area contributed by atoms with E-state index in [4.69, 9.17) is 4.74 Å². The number of allylic oxidation sites excluding steroid dienone is 9. The highest BCUT2D eigenvalue weighted by atomic mass is 16.5. The van der Waals surface area contributed by atoms with Gasteiger partial charge in [-0.3, -0.25) is 9.59 Å². The van der Waals surface area contributed by atoms with E-state index in [-0.39, 0.29) is 24.9 Å². The predicted molar refractivity (Wildman–Crippen MR) is 282 cm³/mol. The normalized spacial score (nSPS) is 13.6. The Bertz CT molecular complexity index is 1160. The number of carbonyl (C=O) groups is 2. The van der Waals surface area contributed by atoms with E-state index in [0.29, 0.717) is 19.3 Å². The van der Waals surface area contributed by atoms with Gasteiger partial charge >= 0.3 is 5.97 Å². The predicted octanol–water partition coefficient (Wildman–Crippen LogP) is 17.2. The number of aliphatic hydroxyl groups excluding tert-OH is 2. The summed E-state index contributed by atoms with van der Waals surface area (Å²) >= 11 is 0. The van der Waals surface area contributed by atoms with Crippen LogP contribution in [0.4, 0.5) is 0 Å². The Kier molecular flexibility index (Phi) is 50.6. The second-order valence-electron chi connectivity index (χ2n) is 19.0. The molecule has 0 rings (SSSR count). The first-order valence-corrected chi connectivity index (χ1v) is 28.0. The lowest BCUT2D eigenvalue weighted by molar-refractivity contribution is -0.150. The van der Waals surface area contributed by atoms with E-state index in [1.165, 1.54) is 173 Å². The molecule has 0 bridgehead atoms. The van der Waals surface area contributed by atoms with Crippen LogP contribution in [-0.2, 0) is 14.3 Å². The minimum Gasteiger partial charge on any atom is -0.461 e. The van der Waals surface area contributed by atoms with Gasteiger partial charge in [-0.1, -0.05) is 248 Å². The number of hydrogen-bond acceptors (Lipinski definition) is 5. The third kappa shape index (κ3) is 47.8. The lowest BCUT2D eigenvalue weighted by atomic mass is 10.0. The Labute approximate surface area is 403 Å². The van der Waals surface area contributed by atoms with Crippen LogP contribution in [0.3, 0.4) is 0 Å². The number of nitrogens with one attached hydrogen (secondary N) is 1. The van der Waals surface area contributed by atoms with Gasteiger partial charge in [-0.15, -0.1) is 0 Å². The first-order chi connectivity index (χ1) is 32.0. The fourth-order valence-electron chi connectivity index (χ4n) is 8.29. The van der Waals surface area contributed by atoms with Gasteiger partial charge in [0.25, 0.3) is 0 Å². The Balaban J connectivity index is 4.64. The number of hydrogen-bond donors (Lipinski definition) is 3. The van der Waals surface area contributed by atoms with E-state index in [0.717, 1.165) is 57.8 Å². The monoisotopic (exact) mass is 910 g/mol. The Hall–Kier alpha value is -2.44. The lowest BCUT2D eigenvalue weighted by Gasteiger charge is -2.24. The van der Waals surface area contributed by atoms with Gasteiger partial charge in [0.05, 0.1) is 25.2 Å². The molecule has 0 aliphatic heterocycles. The van der Waals surface area contributed by atoms with E-state index in [2.05, 4.69) is 80.8 Å². The molecule has 3 unspecified atom stereocenters. The molecule has 65 heavy (non-hydrogen) atoms. The minimum atomic E-state index is -0.812. The molecular weight excluding hydrogens is 803 g/mol. The van der Waals surface area contributed by atoms with Crippen molar-refractivity contribution >= 4 is 11.9 Å². The molecule has 0 aromatic heterocycles. The Morgan fingerprint density at radius 1 is 0.462 bits per heavy atom. The van der Waals surface area contributed by atoms with E-state index in [1.54, 1.807) is 0 Å². The highest BCUT2D eigenvalue weighted by Gasteiger charge is 2.23. The summed E-state index contributed by atoms with van der Waals surface area (Å²) in [6.45, 7) is 6.44. The smallest absolute Gasteiger partial charge is 0.306 e. The van der Waals surface area contributed by atoms with Crippen LogP contribution in [0.25, 0.3) is 0 Å². The summed E-state index contributed by atoms with van der Waals surface area (Å²) in [5.41, 5.74) is 0. The standard InChI is InChI=1S/C59H107NO5/c1-4-7-10-13-16-19-22-25-27-28-29-30-32-34-37-40-43-46-49-52-59(64)65-55(50-47-44-41-38-35-33-31-26-23-20-17-14-11-8-5-2)53-58(63)60-56(54-61)57(62)51-48-45-42-39-36-24-21-18-15-12-9-6-3/h17,20,25-27,31,35,38,44,47,55-57,61-62H,4-16,18-19,21-24,28-30,32-34,36-37,39-43,45-46,48-54H2,1-3H3,(H,60,63)/b20-17-,27-25+,31-26-,38-35-,47-44-. The molecule has 0 aromatic rings. The molecule has 0 spiro atoms. The second-order valence-corrected chi connectivity index (χ2v) is 19.0. The van der Waals surface area contributed by atoms with Crippen LogP contribution in [0, 0.1) is 0 Å². The summed E-state index contributed by atoms with van der Waals surface area (Å²) < 4.78 is 5.89. The van der Waals surface area contributed by atoms with Crippen molar-refractivity contribution in [3.05, 3.63) is 60.8 Å². The third-order valence-corrected chi connectivity index (χ3v) is 12.6. The van der Waals surface area contributed by atoms with Gasteiger partial charge in [0.2, 0.25) is 5.91 Å². The van der Waals surface area contributed by atoms with Crippen molar-refractivity contribution in [2.24, 2.45) is 0 Å². The van der Waals surface area contributed by atoms with Gasteiger partial charge in [0.15, 0.2) is 0 Å². The molecule has 0 aliphatic carbocycles. The molecule has 1 amide bonds. The number of esters is 1. The van der Waals surface area contributed by atoms with Crippen LogP contribution in [-0.4, -0.2) is 46.9 Å². The summed E-state index contributed by atoms with van der Waals surface area (Å²) in [6, 6.07) is -0.732. The van der Waals surface area contributed by atoms with Crippen LogP contribution in [0.1, 0.15) is 278 Å². The maximum Gasteiger partial charge on any atom is 0.306 e. The van der Waals surface area contributed by atoms with Gasteiger partial charge in [-0.05, 0) is 70.6 Å². The molecule has 0 heterocycles. The number of aliphatic hydroxyl groups is 2. The van der Waals surface area contributed by atoms with Crippen molar-refractivity contribution in [2.75, 3.05) is 6.61 Å². The van der Waals surface area contributed by atoms with Crippen molar-refractivity contribution in [3.63, 3.8) is 0 Å². The lowest BCUT2D eigenvalue weighted by Crippen LogP contribution is -2.46. The molecule has 0 saturated heterocycles. The largest absolute Gasteiger partial charge is 0.461 e. The zero-order valence-electron chi connectivity index (χ0n) is 43.1. The topological polar surface area (TPSA) is 95.9 Å². The fourth-order valence-corrected chi connectivity index (χ4v) is 8.29. The summed E-state index contributed by atoms with van der Waals surface area (Å²) in [4.78, 5) is 26.2. The molecule has 0 aromatic carbocycles. The summed E-state index contributed by atoms with van der Waals surface area (Å²) in [7, 11) is 0.